The Hall–Kier alpha value is -3.34. The lowest BCUT2D eigenvalue weighted by atomic mass is 10.2. The van der Waals surface area contributed by atoms with Crippen LogP contribution in [0, 0.1) is 10.1 Å². The Bertz CT molecular complexity index is 974. The van der Waals surface area contributed by atoms with Crippen LogP contribution in [0.5, 0.6) is 11.5 Å². The van der Waals surface area contributed by atoms with E-state index in [4.69, 9.17) is 9.47 Å². The van der Waals surface area contributed by atoms with Gasteiger partial charge < -0.3 is 14.6 Å². The van der Waals surface area contributed by atoms with E-state index in [1.165, 1.54) is 38.5 Å². The molecule has 0 heterocycles. The summed E-state index contributed by atoms with van der Waals surface area (Å²) in [5.74, 6) is -1.06. The molecule has 0 fully saturated rings. The van der Waals surface area contributed by atoms with E-state index in [-0.39, 0.29) is 17.2 Å². The summed E-state index contributed by atoms with van der Waals surface area (Å²) in [6, 6.07) is 8.57. The molecular formula is C16H16N2O8S. The lowest BCUT2D eigenvalue weighted by Crippen LogP contribution is -2.36. The summed E-state index contributed by atoms with van der Waals surface area (Å²) in [5.41, 5.74) is -0.519. The maximum Gasteiger partial charge on any atom is 0.324 e. The van der Waals surface area contributed by atoms with Crippen LogP contribution >= 0.6 is 0 Å². The van der Waals surface area contributed by atoms with Crippen molar-refractivity contribution in [2.75, 3.05) is 25.1 Å². The fraction of sp³-hybridized carbons (Fsp3) is 0.188. The number of carbonyl (C=O) groups is 1. The van der Waals surface area contributed by atoms with Crippen LogP contribution in [0.2, 0.25) is 0 Å². The summed E-state index contributed by atoms with van der Waals surface area (Å²) < 4.78 is 36.9. The second kappa shape index (κ2) is 7.91. The number of anilines is 1. The second-order valence-corrected chi connectivity index (χ2v) is 7.06. The van der Waals surface area contributed by atoms with Gasteiger partial charge in [-0.25, -0.2) is 8.42 Å². The highest BCUT2D eigenvalue weighted by Crippen LogP contribution is 2.36. The number of ether oxygens (including phenoxy) is 2. The van der Waals surface area contributed by atoms with Crippen LogP contribution in [0.15, 0.2) is 47.4 Å². The van der Waals surface area contributed by atoms with Gasteiger partial charge >= 0.3 is 5.97 Å². The molecule has 2 aromatic rings. The highest BCUT2D eigenvalue weighted by molar-refractivity contribution is 7.92. The maximum absolute atomic E-state index is 13.1. The molecule has 0 bridgehead atoms. The third-order valence-corrected chi connectivity index (χ3v) is 5.31. The van der Waals surface area contributed by atoms with Gasteiger partial charge in [-0.2, -0.15) is 0 Å². The van der Waals surface area contributed by atoms with Gasteiger partial charge in [0, 0.05) is 18.2 Å². The average molecular weight is 396 g/mol. The lowest BCUT2D eigenvalue weighted by molar-refractivity contribution is -0.385. The zero-order valence-electron chi connectivity index (χ0n) is 14.4. The number of carboxylic acids is 1. The van der Waals surface area contributed by atoms with E-state index in [1.54, 1.807) is 0 Å². The molecule has 144 valence electrons. The molecule has 0 radical (unpaired) electrons. The topological polar surface area (TPSA) is 136 Å². The smallest absolute Gasteiger partial charge is 0.324 e. The Morgan fingerprint density at radius 3 is 2.44 bits per heavy atom. The minimum Gasteiger partial charge on any atom is -0.497 e. The van der Waals surface area contributed by atoms with E-state index in [1.807, 2.05) is 0 Å². The van der Waals surface area contributed by atoms with Crippen molar-refractivity contribution in [3.8, 4) is 11.5 Å². The van der Waals surface area contributed by atoms with Gasteiger partial charge in [0.15, 0.2) is 0 Å². The minimum absolute atomic E-state index is 0.0780. The third-order valence-electron chi connectivity index (χ3n) is 3.55. The molecule has 0 aliphatic rings. The largest absolute Gasteiger partial charge is 0.497 e. The van der Waals surface area contributed by atoms with Crippen LogP contribution in [0.4, 0.5) is 11.4 Å². The number of benzene rings is 2. The molecule has 2 aromatic carbocycles. The summed E-state index contributed by atoms with van der Waals surface area (Å²) in [6.45, 7) is -0.922. The van der Waals surface area contributed by atoms with Gasteiger partial charge in [-0.3, -0.25) is 19.2 Å². The van der Waals surface area contributed by atoms with Crippen LogP contribution in [0.3, 0.4) is 0 Å². The van der Waals surface area contributed by atoms with E-state index in [2.05, 4.69) is 0 Å². The van der Waals surface area contributed by atoms with Gasteiger partial charge in [0.1, 0.15) is 18.0 Å². The maximum atomic E-state index is 13.1. The molecule has 0 saturated heterocycles. The molecule has 11 heteroatoms. The Morgan fingerprint density at radius 2 is 1.89 bits per heavy atom. The Kier molecular flexibility index (Phi) is 5.85. The van der Waals surface area contributed by atoms with Crippen molar-refractivity contribution in [3.63, 3.8) is 0 Å². The van der Waals surface area contributed by atoms with E-state index in [9.17, 15) is 28.4 Å². The summed E-state index contributed by atoms with van der Waals surface area (Å²) >= 11 is 0. The molecular weight excluding hydrogens is 380 g/mol. The van der Waals surface area contributed by atoms with Crippen molar-refractivity contribution in [2.45, 2.75) is 4.90 Å². The molecule has 0 saturated carbocycles. The van der Waals surface area contributed by atoms with Crippen molar-refractivity contribution >= 4 is 27.4 Å². The van der Waals surface area contributed by atoms with E-state index in [0.29, 0.717) is 4.31 Å². The van der Waals surface area contributed by atoms with Crippen LogP contribution in [-0.4, -0.2) is 45.2 Å². The number of non-ortho nitro benzene ring substituents is 1. The van der Waals surface area contributed by atoms with Crippen molar-refractivity contribution in [3.05, 3.63) is 52.6 Å². The molecule has 0 unspecified atom stereocenters. The van der Waals surface area contributed by atoms with Gasteiger partial charge in [-0.1, -0.05) is 6.07 Å². The van der Waals surface area contributed by atoms with Gasteiger partial charge in [0.25, 0.3) is 15.7 Å². The molecule has 0 spiro atoms. The second-order valence-electron chi connectivity index (χ2n) is 5.20. The van der Waals surface area contributed by atoms with Crippen molar-refractivity contribution in [2.24, 2.45) is 0 Å². The highest BCUT2D eigenvalue weighted by atomic mass is 32.2. The predicted molar refractivity (Wildman–Crippen MR) is 94.8 cm³/mol. The van der Waals surface area contributed by atoms with Crippen LogP contribution in [0.1, 0.15) is 0 Å². The lowest BCUT2D eigenvalue weighted by Gasteiger charge is -2.24. The zero-order chi connectivity index (χ0) is 20.2. The summed E-state index contributed by atoms with van der Waals surface area (Å²) in [6.07, 6.45) is 0. The number of methoxy groups -OCH3 is 2. The number of nitro benzene ring substituents is 1. The Morgan fingerprint density at radius 1 is 1.19 bits per heavy atom. The molecule has 0 aromatic heterocycles. The highest BCUT2D eigenvalue weighted by Gasteiger charge is 2.30. The third kappa shape index (κ3) is 4.26. The Labute approximate surface area is 154 Å². The number of nitro groups is 1. The van der Waals surface area contributed by atoms with E-state index < -0.39 is 38.0 Å². The Balaban J connectivity index is 2.68. The molecule has 27 heavy (non-hydrogen) atoms. The fourth-order valence-electron chi connectivity index (χ4n) is 2.30. The number of aliphatic carboxylic acids is 1. The first-order chi connectivity index (χ1) is 12.7. The first kappa shape index (κ1) is 20.0. The standard InChI is InChI=1S/C16H16N2O8S/c1-25-12-6-7-15(26-2)14(9-12)17(10-16(19)20)27(23,24)13-5-3-4-11(8-13)18(21)22/h3-9H,10H2,1-2H3,(H,19,20). The number of hydrogen-bond donors (Lipinski definition) is 1. The van der Waals surface area contributed by atoms with Gasteiger partial charge in [-0.15, -0.1) is 0 Å². The zero-order valence-corrected chi connectivity index (χ0v) is 15.2. The van der Waals surface area contributed by atoms with Crippen LogP contribution < -0.4 is 13.8 Å². The normalized spacial score (nSPS) is 10.9. The van der Waals surface area contributed by atoms with Gasteiger partial charge in [0.2, 0.25) is 0 Å². The summed E-state index contributed by atoms with van der Waals surface area (Å²) in [7, 11) is -1.79. The number of hydrogen-bond acceptors (Lipinski definition) is 7. The SMILES string of the molecule is COc1ccc(OC)c(N(CC(=O)O)S(=O)(=O)c2cccc([N+](=O)[O-])c2)c1. The number of sulfonamides is 1. The molecule has 1 N–H and O–H groups in total. The van der Waals surface area contributed by atoms with Crippen molar-refractivity contribution in [1.82, 2.24) is 0 Å². The summed E-state index contributed by atoms with van der Waals surface area (Å²) in [4.78, 5) is 21.1. The van der Waals surface area contributed by atoms with Gasteiger partial charge in [0.05, 0.1) is 29.7 Å². The fourth-order valence-corrected chi connectivity index (χ4v) is 3.76. The number of rotatable bonds is 8. The predicted octanol–water partition coefficient (Wildman–Crippen LogP) is 1.89. The van der Waals surface area contributed by atoms with Crippen molar-refractivity contribution in [1.29, 1.82) is 0 Å². The van der Waals surface area contributed by atoms with E-state index >= 15 is 0 Å². The first-order valence-electron chi connectivity index (χ1n) is 7.41. The monoisotopic (exact) mass is 396 g/mol. The molecule has 10 nitrogen and oxygen atoms in total. The number of nitrogens with zero attached hydrogens (tertiary/aromatic N) is 2. The molecule has 0 amide bonds. The van der Waals surface area contributed by atoms with E-state index in [0.717, 1.165) is 18.2 Å². The molecule has 0 atom stereocenters. The van der Waals surface area contributed by atoms with Gasteiger partial charge in [-0.05, 0) is 18.2 Å². The molecule has 2 rings (SSSR count). The average Bonchev–Trinajstić information content (AvgIpc) is 2.65. The minimum atomic E-state index is -4.45. The molecule has 0 aliphatic heterocycles. The quantitative estimate of drug-likeness (QED) is 0.528. The molecule has 0 aliphatic carbocycles. The first-order valence-corrected chi connectivity index (χ1v) is 8.85. The summed E-state index contributed by atoms with van der Waals surface area (Å²) in [5, 5.41) is 20.2. The van der Waals surface area contributed by atoms with Crippen LogP contribution in [0.25, 0.3) is 0 Å². The van der Waals surface area contributed by atoms with Crippen LogP contribution in [-0.2, 0) is 14.8 Å². The van der Waals surface area contributed by atoms with Crippen molar-refractivity contribution < 1.29 is 32.7 Å². The number of carboxylic acid groups (broad SMARTS) is 1.